The standard InChI is InChI=1S/C23H31N3OS/c1-4-27-22-10-6-5-9-21(22)25-23(28)24-18(3)19-11-13-20(14-12-19)26-15-7-8-17(2)16-26/h5-6,9-14,17-18H,4,7-8,15-16H2,1-3H3,(H2,24,25,28)/t17-,18-/m0/s1. The number of hydrogen-bond acceptors (Lipinski definition) is 3. The van der Waals surface area contributed by atoms with Crippen LogP contribution in [0.3, 0.4) is 0 Å². The molecule has 1 aliphatic rings. The average molecular weight is 398 g/mol. The van der Waals surface area contributed by atoms with Crippen LogP contribution in [0, 0.1) is 5.92 Å². The van der Waals surface area contributed by atoms with Crippen molar-refractivity contribution in [3.05, 3.63) is 54.1 Å². The van der Waals surface area contributed by atoms with Gasteiger partial charge in [-0.25, -0.2) is 0 Å². The normalized spacial score (nSPS) is 17.7. The summed E-state index contributed by atoms with van der Waals surface area (Å²) in [6.45, 7) is 9.37. The molecule has 0 spiro atoms. The molecule has 4 nitrogen and oxygen atoms in total. The second-order valence-electron chi connectivity index (χ2n) is 7.53. The summed E-state index contributed by atoms with van der Waals surface area (Å²) in [5.74, 6) is 1.58. The number of thiocarbonyl (C=S) groups is 1. The summed E-state index contributed by atoms with van der Waals surface area (Å²) in [6, 6.07) is 16.8. The van der Waals surface area contributed by atoms with E-state index in [9.17, 15) is 0 Å². The van der Waals surface area contributed by atoms with Gasteiger partial charge in [0.2, 0.25) is 0 Å². The number of para-hydroxylation sites is 2. The number of hydrogen-bond donors (Lipinski definition) is 2. The van der Waals surface area contributed by atoms with E-state index in [0.717, 1.165) is 30.4 Å². The zero-order chi connectivity index (χ0) is 19.9. The van der Waals surface area contributed by atoms with Gasteiger partial charge in [0.15, 0.2) is 5.11 Å². The van der Waals surface area contributed by atoms with Crippen LogP contribution in [0.5, 0.6) is 5.75 Å². The molecule has 2 N–H and O–H groups in total. The van der Waals surface area contributed by atoms with Crippen LogP contribution in [0.15, 0.2) is 48.5 Å². The lowest BCUT2D eigenvalue weighted by Crippen LogP contribution is -2.34. The Bertz CT molecular complexity index is 778. The summed E-state index contributed by atoms with van der Waals surface area (Å²) in [7, 11) is 0. The van der Waals surface area contributed by atoms with Crippen molar-refractivity contribution >= 4 is 28.7 Å². The van der Waals surface area contributed by atoms with Crippen molar-refractivity contribution in [3.63, 3.8) is 0 Å². The molecule has 0 amide bonds. The maximum Gasteiger partial charge on any atom is 0.171 e. The van der Waals surface area contributed by atoms with Gasteiger partial charge in [0.05, 0.1) is 18.3 Å². The van der Waals surface area contributed by atoms with Crippen molar-refractivity contribution in [2.45, 2.75) is 39.7 Å². The van der Waals surface area contributed by atoms with E-state index in [4.69, 9.17) is 17.0 Å². The first-order chi connectivity index (χ1) is 13.6. The highest BCUT2D eigenvalue weighted by Crippen LogP contribution is 2.26. The van der Waals surface area contributed by atoms with E-state index in [-0.39, 0.29) is 6.04 Å². The van der Waals surface area contributed by atoms with Crippen LogP contribution in [0.25, 0.3) is 0 Å². The van der Waals surface area contributed by atoms with Crippen LogP contribution in [0.2, 0.25) is 0 Å². The molecular formula is C23H31N3OS. The van der Waals surface area contributed by atoms with Gasteiger partial charge in [0.1, 0.15) is 5.75 Å². The third-order valence-corrected chi connectivity index (χ3v) is 5.42. The molecule has 1 aliphatic heterocycles. The Kier molecular flexibility index (Phi) is 7.15. The molecule has 2 atom stereocenters. The molecule has 0 bridgehead atoms. The molecule has 2 aromatic carbocycles. The zero-order valence-electron chi connectivity index (χ0n) is 17.1. The smallest absolute Gasteiger partial charge is 0.171 e. The van der Waals surface area contributed by atoms with E-state index in [1.54, 1.807) is 0 Å². The van der Waals surface area contributed by atoms with Gasteiger partial charge in [-0.15, -0.1) is 0 Å². The Morgan fingerprint density at radius 1 is 1.21 bits per heavy atom. The van der Waals surface area contributed by atoms with E-state index in [1.165, 1.54) is 24.1 Å². The van der Waals surface area contributed by atoms with Crippen LogP contribution >= 0.6 is 12.2 Å². The minimum atomic E-state index is 0.119. The second kappa shape index (κ2) is 9.78. The van der Waals surface area contributed by atoms with Gasteiger partial charge >= 0.3 is 0 Å². The molecule has 0 radical (unpaired) electrons. The van der Waals surface area contributed by atoms with Gasteiger partial charge < -0.3 is 20.3 Å². The molecule has 0 aromatic heterocycles. The number of nitrogens with one attached hydrogen (secondary N) is 2. The summed E-state index contributed by atoms with van der Waals surface area (Å²) >= 11 is 5.51. The van der Waals surface area contributed by atoms with E-state index in [0.29, 0.717) is 11.7 Å². The first-order valence-electron chi connectivity index (χ1n) is 10.2. The fraction of sp³-hybridized carbons (Fsp3) is 0.435. The van der Waals surface area contributed by atoms with E-state index in [2.05, 4.69) is 53.6 Å². The van der Waals surface area contributed by atoms with E-state index >= 15 is 0 Å². The zero-order valence-corrected chi connectivity index (χ0v) is 17.9. The lowest BCUT2D eigenvalue weighted by atomic mass is 9.99. The molecule has 1 fully saturated rings. The van der Waals surface area contributed by atoms with Crippen molar-refractivity contribution < 1.29 is 4.74 Å². The van der Waals surface area contributed by atoms with Gasteiger partial charge in [-0.2, -0.15) is 0 Å². The fourth-order valence-electron chi connectivity index (χ4n) is 3.69. The molecule has 2 aromatic rings. The van der Waals surface area contributed by atoms with Crippen molar-refractivity contribution in [1.82, 2.24) is 5.32 Å². The lowest BCUT2D eigenvalue weighted by Gasteiger charge is -2.33. The molecule has 0 aliphatic carbocycles. The number of ether oxygens (including phenoxy) is 1. The first kappa shape index (κ1) is 20.5. The molecule has 3 rings (SSSR count). The number of piperidine rings is 1. The SMILES string of the molecule is CCOc1ccccc1NC(=S)N[C@@H](C)c1ccc(N2CCC[C@H](C)C2)cc1. The highest BCUT2D eigenvalue weighted by Gasteiger charge is 2.17. The molecule has 0 saturated carbocycles. The van der Waals surface area contributed by atoms with Crippen LogP contribution in [-0.4, -0.2) is 24.8 Å². The van der Waals surface area contributed by atoms with Crippen molar-refractivity contribution in [2.75, 3.05) is 29.9 Å². The minimum absolute atomic E-state index is 0.119. The maximum absolute atomic E-state index is 5.65. The van der Waals surface area contributed by atoms with Gasteiger partial charge in [-0.3, -0.25) is 0 Å². The highest BCUT2D eigenvalue weighted by molar-refractivity contribution is 7.80. The third-order valence-electron chi connectivity index (χ3n) is 5.20. The lowest BCUT2D eigenvalue weighted by molar-refractivity contribution is 0.342. The predicted molar refractivity (Wildman–Crippen MR) is 122 cm³/mol. The van der Waals surface area contributed by atoms with E-state index in [1.807, 2.05) is 31.2 Å². The molecule has 1 heterocycles. The molecule has 28 heavy (non-hydrogen) atoms. The molecule has 1 saturated heterocycles. The van der Waals surface area contributed by atoms with Crippen LogP contribution in [0.4, 0.5) is 11.4 Å². The highest BCUT2D eigenvalue weighted by atomic mass is 32.1. The summed E-state index contributed by atoms with van der Waals surface area (Å²) in [5, 5.41) is 7.21. The van der Waals surface area contributed by atoms with Crippen LogP contribution in [-0.2, 0) is 0 Å². The topological polar surface area (TPSA) is 36.5 Å². The monoisotopic (exact) mass is 397 g/mol. The fourth-order valence-corrected chi connectivity index (χ4v) is 3.97. The van der Waals surface area contributed by atoms with Crippen molar-refractivity contribution in [3.8, 4) is 5.75 Å². The van der Waals surface area contributed by atoms with Crippen LogP contribution < -0.4 is 20.3 Å². The Morgan fingerprint density at radius 3 is 2.68 bits per heavy atom. The largest absolute Gasteiger partial charge is 0.492 e. The van der Waals surface area contributed by atoms with Crippen molar-refractivity contribution in [2.24, 2.45) is 5.92 Å². The van der Waals surface area contributed by atoms with Crippen molar-refractivity contribution in [1.29, 1.82) is 0 Å². The Labute approximate surface area is 174 Å². The van der Waals surface area contributed by atoms with Gasteiger partial charge in [-0.1, -0.05) is 31.2 Å². The Balaban J connectivity index is 1.58. The predicted octanol–water partition coefficient (Wildman–Crippen LogP) is 5.37. The average Bonchev–Trinajstić information content (AvgIpc) is 2.70. The summed E-state index contributed by atoms with van der Waals surface area (Å²) in [6.07, 6.45) is 2.62. The first-order valence-corrected chi connectivity index (χ1v) is 10.6. The molecule has 5 heteroatoms. The number of nitrogens with zero attached hydrogens (tertiary/aromatic N) is 1. The number of anilines is 2. The van der Waals surface area contributed by atoms with Gasteiger partial charge in [-0.05, 0) is 74.7 Å². The quantitative estimate of drug-likeness (QED) is 0.641. The number of rotatable bonds is 6. The number of benzene rings is 2. The van der Waals surface area contributed by atoms with Gasteiger partial charge in [0.25, 0.3) is 0 Å². The molecule has 150 valence electrons. The van der Waals surface area contributed by atoms with Crippen LogP contribution in [0.1, 0.15) is 45.2 Å². The maximum atomic E-state index is 5.65. The Hall–Kier alpha value is -2.27. The summed E-state index contributed by atoms with van der Waals surface area (Å²) < 4.78 is 5.65. The summed E-state index contributed by atoms with van der Waals surface area (Å²) in [5.41, 5.74) is 3.41. The third kappa shape index (κ3) is 5.38. The summed E-state index contributed by atoms with van der Waals surface area (Å²) in [4.78, 5) is 2.49. The second-order valence-corrected chi connectivity index (χ2v) is 7.94. The Morgan fingerprint density at radius 2 is 1.96 bits per heavy atom. The molecule has 0 unspecified atom stereocenters. The minimum Gasteiger partial charge on any atom is -0.492 e. The van der Waals surface area contributed by atoms with Gasteiger partial charge in [0, 0.05) is 18.8 Å². The molecular weight excluding hydrogens is 366 g/mol. The van der Waals surface area contributed by atoms with E-state index < -0.39 is 0 Å².